The van der Waals surface area contributed by atoms with Crippen LogP contribution in [-0.2, 0) is 11.2 Å². The zero-order valence-electron chi connectivity index (χ0n) is 14.1. The lowest BCUT2D eigenvalue weighted by atomic mass is 9.86. The van der Waals surface area contributed by atoms with Crippen LogP contribution in [0.3, 0.4) is 0 Å². The number of carbonyl (C=O) groups is 1. The van der Waals surface area contributed by atoms with Crippen molar-refractivity contribution < 1.29 is 9.53 Å². The van der Waals surface area contributed by atoms with Crippen LogP contribution in [0.25, 0.3) is 0 Å². The summed E-state index contributed by atoms with van der Waals surface area (Å²) in [6.45, 7) is 5.19. The first-order valence-electron chi connectivity index (χ1n) is 8.89. The van der Waals surface area contributed by atoms with Crippen LogP contribution in [0.1, 0.15) is 36.9 Å². The summed E-state index contributed by atoms with van der Waals surface area (Å²) in [5, 5.41) is 3.52. The molecule has 1 aromatic carbocycles. The second-order valence-electron chi connectivity index (χ2n) is 6.54. The number of carbonyl (C=O) groups excluding carboxylic acids is 1. The van der Waals surface area contributed by atoms with Crippen molar-refractivity contribution in [1.82, 2.24) is 9.80 Å². The van der Waals surface area contributed by atoms with E-state index in [-0.39, 0.29) is 12.1 Å². The van der Waals surface area contributed by atoms with E-state index < -0.39 is 0 Å². The van der Waals surface area contributed by atoms with Crippen molar-refractivity contribution in [3.8, 4) is 0 Å². The molecule has 1 N–H and O–H groups in total. The number of rotatable bonds is 1. The molecule has 24 heavy (non-hydrogen) atoms. The van der Waals surface area contributed by atoms with E-state index in [4.69, 9.17) is 9.73 Å². The summed E-state index contributed by atoms with van der Waals surface area (Å²) in [6, 6.07) is 6.79. The molecule has 1 atom stereocenters. The van der Waals surface area contributed by atoms with Crippen molar-refractivity contribution in [3.63, 3.8) is 0 Å². The van der Waals surface area contributed by atoms with Gasteiger partial charge in [-0.2, -0.15) is 0 Å². The molecule has 1 aliphatic carbocycles. The van der Waals surface area contributed by atoms with Gasteiger partial charge < -0.3 is 19.9 Å². The standard InChI is InChI=1S/C18H24N4O2/c1-2-24-18(23)22-11-9-21(10-12-22)17-19-14-7-3-5-13-6-4-8-15(20-17)16(13)14/h3,5,7,15H,2,4,6,8-12H2,1H3,(H,19,20). The summed E-state index contributed by atoms with van der Waals surface area (Å²) in [4.78, 5) is 20.8. The second-order valence-corrected chi connectivity index (χ2v) is 6.54. The molecule has 3 aliphatic rings. The van der Waals surface area contributed by atoms with E-state index in [1.807, 2.05) is 6.92 Å². The number of amides is 1. The minimum absolute atomic E-state index is 0.210. The molecule has 1 aromatic rings. The molecule has 0 spiro atoms. The summed E-state index contributed by atoms with van der Waals surface area (Å²) in [6.07, 6.45) is 3.27. The van der Waals surface area contributed by atoms with Gasteiger partial charge in [-0.05, 0) is 37.8 Å². The molecule has 1 unspecified atom stereocenters. The highest BCUT2D eigenvalue weighted by molar-refractivity contribution is 5.96. The van der Waals surface area contributed by atoms with Gasteiger partial charge in [0.05, 0.1) is 12.6 Å². The van der Waals surface area contributed by atoms with Crippen molar-refractivity contribution in [3.05, 3.63) is 29.3 Å². The van der Waals surface area contributed by atoms with Crippen LogP contribution in [0.15, 0.2) is 23.2 Å². The molecule has 1 amide bonds. The second kappa shape index (κ2) is 6.34. The van der Waals surface area contributed by atoms with Crippen LogP contribution < -0.4 is 5.32 Å². The van der Waals surface area contributed by atoms with Gasteiger partial charge in [-0.25, -0.2) is 9.79 Å². The molecule has 128 valence electrons. The van der Waals surface area contributed by atoms with Crippen LogP contribution >= 0.6 is 0 Å². The van der Waals surface area contributed by atoms with E-state index >= 15 is 0 Å². The van der Waals surface area contributed by atoms with E-state index in [1.165, 1.54) is 23.2 Å². The molecule has 2 aliphatic heterocycles. The molecule has 1 fully saturated rings. The van der Waals surface area contributed by atoms with E-state index in [9.17, 15) is 4.79 Å². The Balaban J connectivity index is 1.47. The summed E-state index contributed by atoms with van der Waals surface area (Å²) >= 11 is 0. The number of nitrogens with one attached hydrogen (secondary N) is 1. The number of nitrogens with zero attached hydrogens (tertiary/aromatic N) is 3. The molecule has 4 rings (SSSR count). The first-order chi connectivity index (χ1) is 11.8. The molecular formula is C18H24N4O2. The number of hydrogen-bond donors (Lipinski definition) is 1. The Labute approximate surface area is 142 Å². The van der Waals surface area contributed by atoms with Gasteiger partial charge >= 0.3 is 6.09 Å². The first kappa shape index (κ1) is 15.3. The quantitative estimate of drug-likeness (QED) is 0.861. The summed E-state index contributed by atoms with van der Waals surface area (Å²) in [7, 11) is 0. The zero-order valence-corrected chi connectivity index (χ0v) is 14.1. The fourth-order valence-electron chi connectivity index (χ4n) is 3.87. The maximum atomic E-state index is 11.8. The Morgan fingerprint density at radius 2 is 2.17 bits per heavy atom. The fourth-order valence-corrected chi connectivity index (χ4v) is 3.87. The molecular weight excluding hydrogens is 304 g/mol. The van der Waals surface area contributed by atoms with Crippen molar-refractivity contribution in [2.24, 2.45) is 4.99 Å². The van der Waals surface area contributed by atoms with Gasteiger partial charge in [0.15, 0.2) is 5.96 Å². The molecule has 6 heteroatoms. The Hall–Kier alpha value is -2.24. The predicted octanol–water partition coefficient (Wildman–Crippen LogP) is 2.62. The maximum absolute atomic E-state index is 11.8. The lowest BCUT2D eigenvalue weighted by Crippen LogP contribution is -2.53. The number of piperazine rings is 1. The Kier molecular flexibility index (Phi) is 4.04. The highest BCUT2D eigenvalue weighted by Gasteiger charge is 2.30. The Morgan fingerprint density at radius 1 is 1.33 bits per heavy atom. The SMILES string of the molecule is CCOC(=O)N1CCN(C2=NC3CCCc4cccc(c43)N2)CC1. The lowest BCUT2D eigenvalue weighted by Gasteiger charge is -2.39. The van der Waals surface area contributed by atoms with E-state index in [0.29, 0.717) is 19.7 Å². The minimum Gasteiger partial charge on any atom is -0.450 e. The van der Waals surface area contributed by atoms with Crippen LogP contribution in [0.4, 0.5) is 10.5 Å². The molecule has 2 heterocycles. The largest absolute Gasteiger partial charge is 0.450 e. The molecule has 0 aromatic heterocycles. The fraction of sp³-hybridized carbons (Fsp3) is 0.556. The Morgan fingerprint density at radius 3 is 2.96 bits per heavy atom. The zero-order chi connectivity index (χ0) is 16.5. The van der Waals surface area contributed by atoms with Crippen molar-refractivity contribution in [1.29, 1.82) is 0 Å². The third-order valence-corrected chi connectivity index (χ3v) is 5.08. The van der Waals surface area contributed by atoms with Gasteiger partial charge in [0.25, 0.3) is 0 Å². The monoisotopic (exact) mass is 328 g/mol. The summed E-state index contributed by atoms with van der Waals surface area (Å²) < 4.78 is 5.09. The van der Waals surface area contributed by atoms with E-state index in [0.717, 1.165) is 31.9 Å². The Bertz CT molecular complexity index is 665. The number of benzene rings is 1. The average molecular weight is 328 g/mol. The molecule has 6 nitrogen and oxygen atoms in total. The number of guanidine groups is 1. The third-order valence-electron chi connectivity index (χ3n) is 5.08. The van der Waals surface area contributed by atoms with E-state index in [2.05, 4.69) is 28.4 Å². The summed E-state index contributed by atoms with van der Waals surface area (Å²) in [5.41, 5.74) is 4.03. The smallest absolute Gasteiger partial charge is 0.409 e. The van der Waals surface area contributed by atoms with Gasteiger partial charge in [-0.1, -0.05) is 12.1 Å². The number of aliphatic imine (C=N–C) groups is 1. The van der Waals surface area contributed by atoms with Crippen molar-refractivity contribution in [2.45, 2.75) is 32.2 Å². The molecule has 0 radical (unpaired) electrons. The summed E-state index contributed by atoms with van der Waals surface area (Å²) in [5.74, 6) is 0.954. The maximum Gasteiger partial charge on any atom is 0.409 e. The molecule has 1 saturated heterocycles. The number of anilines is 1. The lowest BCUT2D eigenvalue weighted by molar-refractivity contribution is 0.0918. The normalized spacial score (nSPS) is 22.4. The predicted molar refractivity (Wildman–Crippen MR) is 93.3 cm³/mol. The highest BCUT2D eigenvalue weighted by atomic mass is 16.6. The first-order valence-corrected chi connectivity index (χ1v) is 8.89. The van der Waals surface area contributed by atoms with Crippen molar-refractivity contribution in [2.75, 3.05) is 38.1 Å². The number of aryl methyl sites for hydroxylation is 1. The minimum atomic E-state index is -0.210. The molecule has 0 saturated carbocycles. The van der Waals surface area contributed by atoms with Crippen LogP contribution in [0.2, 0.25) is 0 Å². The average Bonchev–Trinajstić information content (AvgIpc) is 2.62. The topological polar surface area (TPSA) is 57.2 Å². The third kappa shape index (κ3) is 2.70. The van der Waals surface area contributed by atoms with Crippen molar-refractivity contribution >= 4 is 17.7 Å². The van der Waals surface area contributed by atoms with Crippen LogP contribution in [0, 0.1) is 0 Å². The highest BCUT2D eigenvalue weighted by Crippen LogP contribution is 2.40. The van der Waals surface area contributed by atoms with Gasteiger partial charge in [0.2, 0.25) is 0 Å². The number of ether oxygens (including phenoxy) is 1. The van der Waals surface area contributed by atoms with Crippen LogP contribution in [0.5, 0.6) is 0 Å². The van der Waals surface area contributed by atoms with Gasteiger partial charge in [0.1, 0.15) is 0 Å². The molecule has 0 bridgehead atoms. The van der Waals surface area contributed by atoms with E-state index in [1.54, 1.807) is 4.90 Å². The van der Waals surface area contributed by atoms with Gasteiger partial charge in [-0.15, -0.1) is 0 Å². The van der Waals surface area contributed by atoms with Gasteiger partial charge in [0, 0.05) is 37.4 Å². The van der Waals surface area contributed by atoms with Gasteiger partial charge in [-0.3, -0.25) is 0 Å². The number of hydrogen-bond acceptors (Lipinski definition) is 5. The van der Waals surface area contributed by atoms with Crippen LogP contribution in [-0.4, -0.2) is 54.6 Å².